The van der Waals surface area contributed by atoms with Gasteiger partial charge in [0.1, 0.15) is 6.33 Å². The molecule has 6 rings (SSSR count). The molecule has 6 aromatic rings. The van der Waals surface area contributed by atoms with Gasteiger partial charge in [-0.25, -0.2) is 15.0 Å². The van der Waals surface area contributed by atoms with Gasteiger partial charge in [-0.1, -0.05) is 0 Å². The van der Waals surface area contributed by atoms with Crippen molar-refractivity contribution in [1.29, 1.82) is 0 Å². The molecule has 0 aliphatic heterocycles. The Morgan fingerprint density at radius 2 is 1.57 bits per heavy atom. The average molecular weight is 390 g/mol. The van der Waals surface area contributed by atoms with Crippen molar-refractivity contribution in [2.24, 2.45) is 0 Å². The van der Waals surface area contributed by atoms with E-state index in [4.69, 9.17) is 0 Å². The van der Waals surface area contributed by atoms with Gasteiger partial charge in [-0.15, -0.1) is 0 Å². The topological polar surface area (TPSA) is 109 Å². The number of hydrogen-bond donors (Lipinski definition) is 2. The van der Waals surface area contributed by atoms with E-state index in [0.717, 1.165) is 49.9 Å². The Bertz CT molecular complexity index is 1490. The number of aromatic amines is 2. The van der Waals surface area contributed by atoms with Crippen molar-refractivity contribution >= 4 is 21.9 Å². The molecule has 142 valence electrons. The first-order chi connectivity index (χ1) is 14.9. The van der Waals surface area contributed by atoms with Gasteiger partial charge in [0.25, 0.3) is 0 Å². The molecule has 30 heavy (non-hydrogen) atoms. The third-order valence-corrected chi connectivity index (χ3v) is 5.11. The fourth-order valence-corrected chi connectivity index (χ4v) is 3.66. The minimum absolute atomic E-state index is 0.650. The quantitative estimate of drug-likeness (QED) is 0.472. The average Bonchev–Trinajstić information content (AvgIpc) is 3.43. The van der Waals surface area contributed by atoms with Crippen LogP contribution in [0.25, 0.3) is 55.6 Å². The van der Waals surface area contributed by atoms with Crippen LogP contribution in [-0.2, 0) is 0 Å². The second-order valence-corrected chi connectivity index (χ2v) is 6.89. The minimum Gasteiger partial charge on any atom is -0.352 e. The summed E-state index contributed by atoms with van der Waals surface area (Å²) in [5.41, 5.74) is 7.32. The zero-order valence-electron chi connectivity index (χ0n) is 15.6. The van der Waals surface area contributed by atoms with Gasteiger partial charge in [-0.05, 0) is 29.8 Å². The third-order valence-electron chi connectivity index (χ3n) is 5.11. The van der Waals surface area contributed by atoms with Crippen LogP contribution in [0.15, 0.2) is 74.0 Å². The standard InChI is InChI=1S/C22H14N8/c1-3-23-4-2-13(1)18-10-24-11-20-16(18)6-19(28-20)21-17-5-14(9-27-22(17)30-29-21)15-7-25-12-26-8-15/h1-12,28H,(H,27,29,30). The predicted octanol–water partition coefficient (Wildman–Crippen LogP) is 4.02. The highest BCUT2D eigenvalue weighted by Crippen LogP contribution is 2.33. The van der Waals surface area contributed by atoms with E-state index in [1.54, 1.807) is 31.0 Å². The first kappa shape index (κ1) is 16.5. The molecule has 0 aromatic carbocycles. The lowest BCUT2D eigenvalue weighted by Crippen LogP contribution is -1.85. The number of fused-ring (bicyclic) bond motifs is 2. The van der Waals surface area contributed by atoms with Crippen molar-refractivity contribution in [3.05, 3.63) is 74.0 Å². The molecule has 0 saturated carbocycles. The smallest absolute Gasteiger partial charge is 0.181 e. The molecule has 0 fully saturated rings. The first-order valence-electron chi connectivity index (χ1n) is 9.34. The molecule has 0 bridgehead atoms. The number of pyridine rings is 3. The van der Waals surface area contributed by atoms with E-state index >= 15 is 0 Å². The molecule has 0 aliphatic carbocycles. The van der Waals surface area contributed by atoms with E-state index in [0.29, 0.717) is 5.65 Å². The normalized spacial score (nSPS) is 11.3. The monoisotopic (exact) mass is 390 g/mol. The Hall–Kier alpha value is -4.46. The summed E-state index contributed by atoms with van der Waals surface area (Å²) in [6.07, 6.45) is 14.1. The summed E-state index contributed by atoms with van der Waals surface area (Å²) in [5, 5.41) is 9.49. The Balaban J connectivity index is 1.52. The lowest BCUT2D eigenvalue weighted by atomic mass is 10.1. The van der Waals surface area contributed by atoms with Crippen LogP contribution in [-0.4, -0.2) is 40.1 Å². The van der Waals surface area contributed by atoms with Gasteiger partial charge in [0, 0.05) is 64.6 Å². The summed E-state index contributed by atoms with van der Waals surface area (Å²) >= 11 is 0. The molecule has 6 aromatic heterocycles. The van der Waals surface area contributed by atoms with E-state index in [1.165, 1.54) is 6.33 Å². The van der Waals surface area contributed by atoms with Crippen LogP contribution in [0, 0.1) is 0 Å². The summed E-state index contributed by atoms with van der Waals surface area (Å²) in [6, 6.07) is 8.12. The summed E-state index contributed by atoms with van der Waals surface area (Å²) in [5.74, 6) is 0. The molecular formula is C22H14N8. The van der Waals surface area contributed by atoms with Gasteiger partial charge in [0.15, 0.2) is 5.65 Å². The molecule has 6 heterocycles. The van der Waals surface area contributed by atoms with Crippen molar-refractivity contribution in [3.8, 4) is 33.6 Å². The van der Waals surface area contributed by atoms with Gasteiger partial charge in [0.2, 0.25) is 0 Å². The fourth-order valence-electron chi connectivity index (χ4n) is 3.66. The molecule has 0 radical (unpaired) electrons. The highest BCUT2D eigenvalue weighted by atomic mass is 15.2. The molecule has 0 unspecified atom stereocenters. The third kappa shape index (κ3) is 2.62. The van der Waals surface area contributed by atoms with Crippen LogP contribution in [0.3, 0.4) is 0 Å². The summed E-state index contributed by atoms with van der Waals surface area (Å²) in [4.78, 5) is 24.6. The molecule has 8 nitrogen and oxygen atoms in total. The van der Waals surface area contributed by atoms with Gasteiger partial charge in [0.05, 0.1) is 23.1 Å². The number of aromatic nitrogens is 8. The van der Waals surface area contributed by atoms with Crippen molar-refractivity contribution in [2.45, 2.75) is 0 Å². The van der Waals surface area contributed by atoms with Crippen LogP contribution in [0.4, 0.5) is 0 Å². The fraction of sp³-hybridized carbons (Fsp3) is 0. The van der Waals surface area contributed by atoms with Crippen LogP contribution >= 0.6 is 0 Å². The van der Waals surface area contributed by atoms with Crippen molar-refractivity contribution in [1.82, 2.24) is 40.1 Å². The Labute approximate surface area is 170 Å². The van der Waals surface area contributed by atoms with Gasteiger partial charge in [-0.3, -0.25) is 15.1 Å². The zero-order chi connectivity index (χ0) is 19.9. The van der Waals surface area contributed by atoms with Gasteiger partial charge in [-0.2, -0.15) is 5.10 Å². The molecule has 8 heteroatoms. The van der Waals surface area contributed by atoms with E-state index in [-0.39, 0.29) is 0 Å². The molecule has 0 atom stereocenters. The van der Waals surface area contributed by atoms with Crippen LogP contribution in [0.2, 0.25) is 0 Å². The van der Waals surface area contributed by atoms with Crippen molar-refractivity contribution < 1.29 is 0 Å². The molecule has 0 spiro atoms. The van der Waals surface area contributed by atoms with Gasteiger partial charge >= 0.3 is 0 Å². The summed E-state index contributed by atoms with van der Waals surface area (Å²) < 4.78 is 0. The lowest BCUT2D eigenvalue weighted by Gasteiger charge is -2.01. The van der Waals surface area contributed by atoms with Crippen molar-refractivity contribution in [2.75, 3.05) is 0 Å². The number of nitrogens with one attached hydrogen (secondary N) is 2. The van der Waals surface area contributed by atoms with Gasteiger partial charge < -0.3 is 4.98 Å². The van der Waals surface area contributed by atoms with Crippen LogP contribution < -0.4 is 0 Å². The Morgan fingerprint density at radius 1 is 0.700 bits per heavy atom. The van der Waals surface area contributed by atoms with E-state index < -0.39 is 0 Å². The number of H-pyrrole nitrogens is 2. The first-order valence-corrected chi connectivity index (χ1v) is 9.34. The van der Waals surface area contributed by atoms with E-state index in [9.17, 15) is 0 Å². The zero-order valence-corrected chi connectivity index (χ0v) is 15.6. The predicted molar refractivity (Wildman–Crippen MR) is 113 cm³/mol. The van der Waals surface area contributed by atoms with Crippen LogP contribution in [0.1, 0.15) is 0 Å². The Morgan fingerprint density at radius 3 is 2.43 bits per heavy atom. The highest BCUT2D eigenvalue weighted by Gasteiger charge is 2.15. The van der Waals surface area contributed by atoms with E-state index in [2.05, 4.69) is 46.2 Å². The SMILES string of the molecule is c1cc(-c2cncc3[nH]c(-c4[nH]nc5ncc(-c6cncnc6)cc45)cc23)ccn1. The number of hydrogen-bond acceptors (Lipinski definition) is 6. The highest BCUT2D eigenvalue weighted by molar-refractivity contribution is 6.00. The molecule has 0 saturated heterocycles. The minimum atomic E-state index is 0.650. The van der Waals surface area contributed by atoms with Crippen LogP contribution in [0.5, 0.6) is 0 Å². The van der Waals surface area contributed by atoms with E-state index in [1.807, 2.05) is 30.6 Å². The summed E-state index contributed by atoms with van der Waals surface area (Å²) in [7, 11) is 0. The lowest BCUT2D eigenvalue weighted by molar-refractivity contribution is 1.10. The number of rotatable bonds is 3. The largest absolute Gasteiger partial charge is 0.352 e. The molecule has 0 aliphatic rings. The molecule has 0 amide bonds. The summed E-state index contributed by atoms with van der Waals surface area (Å²) in [6.45, 7) is 0. The molecular weight excluding hydrogens is 376 g/mol. The Kier molecular flexibility index (Phi) is 3.60. The number of nitrogens with zero attached hydrogens (tertiary/aromatic N) is 6. The maximum Gasteiger partial charge on any atom is 0.181 e. The second kappa shape index (κ2) is 6.56. The molecule has 2 N–H and O–H groups in total. The second-order valence-electron chi connectivity index (χ2n) is 6.89. The van der Waals surface area contributed by atoms with Crippen molar-refractivity contribution in [3.63, 3.8) is 0 Å². The maximum atomic E-state index is 4.49. The maximum absolute atomic E-state index is 4.49.